The van der Waals surface area contributed by atoms with Crippen molar-refractivity contribution in [1.82, 2.24) is 9.97 Å². The van der Waals surface area contributed by atoms with Crippen molar-refractivity contribution in [3.63, 3.8) is 0 Å². The van der Waals surface area contributed by atoms with E-state index in [0.717, 1.165) is 29.1 Å². The first-order chi connectivity index (χ1) is 15.1. The molecule has 0 saturated heterocycles. The van der Waals surface area contributed by atoms with Gasteiger partial charge >= 0.3 is 10.6 Å². The van der Waals surface area contributed by atoms with Gasteiger partial charge in [-0.15, -0.1) is 0 Å². The molecule has 154 valence electrons. The van der Waals surface area contributed by atoms with Crippen molar-refractivity contribution in [1.29, 1.82) is 0 Å². The molecule has 3 aromatic carbocycles. The van der Waals surface area contributed by atoms with Crippen LogP contribution in [0.2, 0.25) is 0 Å². The number of para-hydroxylation sites is 2. The predicted octanol–water partition coefficient (Wildman–Crippen LogP) is 6.52. The second-order valence-corrected chi connectivity index (χ2v) is 8.21. The van der Waals surface area contributed by atoms with E-state index < -0.39 is 10.6 Å². The summed E-state index contributed by atoms with van der Waals surface area (Å²) in [4.78, 5) is 34.0. The van der Waals surface area contributed by atoms with Crippen molar-refractivity contribution < 1.29 is 19.1 Å². The SMILES string of the molecule is Cc1ccc2nc(SC(=O)Oc3ccccc3)c(SC(=O)Oc3ccccc3)nc2c1. The number of aryl methyl sites for hydroxylation is 1. The Morgan fingerprint density at radius 2 is 1.16 bits per heavy atom. The number of carbonyl (C=O) groups excluding carboxylic acids is 2. The van der Waals surface area contributed by atoms with Crippen LogP contribution in [0.5, 0.6) is 11.5 Å². The monoisotopic (exact) mass is 448 g/mol. The van der Waals surface area contributed by atoms with Crippen LogP contribution in [-0.4, -0.2) is 20.6 Å². The first-order valence-electron chi connectivity index (χ1n) is 9.25. The number of thioether (sulfide) groups is 2. The highest BCUT2D eigenvalue weighted by Gasteiger charge is 2.20. The van der Waals surface area contributed by atoms with Crippen LogP contribution >= 0.6 is 23.5 Å². The minimum atomic E-state index is -0.578. The summed E-state index contributed by atoms with van der Waals surface area (Å²) in [7, 11) is 0. The zero-order valence-corrected chi connectivity index (χ0v) is 18.0. The Balaban J connectivity index is 1.60. The molecule has 0 aliphatic rings. The second kappa shape index (κ2) is 9.63. The molecule has 0 radical (unpaired) electrons. The van der Waals surface area contributed by atoms with Gasteiger partial charge in [0.15, 0.2) is 0 Å². The Kier molecular flexibility index (Phi) is 6.49. The smallest absolute Gasteiger partial charge is 0.379 e. The molecular formula is C23H16N2O4S2. The number of ether oxygens (including phenoxy) is 2. The van der Waals surface area contributed by atoms with E-state index in [4.69, 9.17) is 9.47 Å². The highest BCUT2D eigenvalue weighted by Crippen LogP contribution is 2.32. The molecule has 0 bridgehead atoms. The van der Waals surface area contributed by atoms with Crippen LogP contribution in [0.4, 0.5) is 9.59 Å². The van der Waals surface area contributed by atoms with Gasteiger partial charge < -0.3 is 9.47 Å². The summed E-state index contributed by atoms with van der Waals surface area (Å²) in [5, 5.41) is -0.614. The number of carbonyl (C=O) groups is 2. The lowest BCUT2D eigenvalue weighted by Crippen LogP contribution is -2.05. The molecule has 0 spiro atoms. The maximum absolute atomic E-state index is 12.5. The number of nitrogens with zero attached hydrogens (tertiary/aromatic N) is 2. The predicted molar refractivity (Wildman–Crippen MR) is 121 cm³/mol. The molecule has 6 nitrogen and oxygen atoms in total. The molecule has 0 atom stereocenters. The largest absolute Gasteiger partial charge is 0.418 e. The van der Waals surface area contributed by atoms with Gasteiger partial charge in [0.1, 0.15) is 21.6 Å². The van der Waals surface area contributed by atoms with E-state index in [1.54, 1.807) is 48.5 Å². The maximum atomic E-state index is 12.5. The first kappa shape index (κ1) is 20.9. The maximum Gasteiger partial charge on any atom is 0.379 e. The molecule has 0 aliphatic carbocycles. The van der Waals surface area contributed by atoms with Crippen molar-refractivity contribution in [2.45, 2.75) is 17.0 Å². The summed E-state index contributed by atoms with van der Waals surface area (Å²) in [5.41, 5.74) is 2.24. The molecule has 4 aromatic rings. The lowest BCUT2D eigenvalue weighted by molar-refractivity contribution is 0.226. The highest BCUT2D eigenvalue weighted by molar-refractivity contribution is 8.15. The molecule has 0 saturated carbocycles. The summed E-state index contributed by atoms with van der Waals surface area (Å²) in [5.74, 6) is 0.837. The van der Waals surface area contributed by atoms with Crippen molar-refractivity contribution in [2.75, 3.05) is 0 Å². The first-order valence-corrected chi connectivity index (χ1v) is 10.9. The fourth-order valence-corrected chi connectivity index (χ4v) is 4.03. The molecule has 8 heteroatoms. The van der Waals surface area contributed by atoms with Gasteiger partial charge in [-0.1, -0.05) is 42.5 Å². The molecule has 0 N–H and O–H groups in total. The standard InChI is InChI=1S/C23H16N2O4S2/c1-15-12-13-18-19(14-15)25-21(31-23(27)29-17-10-6-3-7-11-17)20(24-18)30-22(26)28-16-8-4-2-5-9-16/h2-14H,1H3. The van der Waals surface area contributed by atoms with Crippen molar-refractivity contribution in [2.24, 2.45) is 0 Å². The van der Waals surface area contributed by atoms with Gasteiger partial charge in [0.2, 0.25) is 0 Å². The van der Waals surface area contributed by atoms with E-state index in [-0.39, 0.29) is 10.1 Å². The van der Waals surface area contributed by atoms with Gasteiger partial charge in [-0.25, -0.2) is 19.6 Å². The lowest BCUT2D eigenvalue weighted by Gasteiger charge is -2.09. The summed E-state index contributed by atoms with van der Waals surface area (Å²) in [6, 6.07) is 23.1. The summed E-state index contributed by atoms with van der Waals surface area (Å²) in [6.45, 7) is 1.94. The Bertz CT molecular complexity index is 1230. The fourth-order valence-electron chi connectivity index (χ4n) is 2.63. The molecule has 0 fully saturated rings. The Morgan fingerprint density at radius 3 is 1.68 bits per heavy atom. The van der Waals surface area contributed by atoms with Crippen LogP contribution in [-0.2, 0) is 0 Å². The van der Waals surface area contributed by atoms with Gasteiger partial charge in [0, 0.05) is 23.5 Å². The van der Waals surface area contributed by atoms with Crippen molar-refractivity contribution in [3.8, 4) is 11.5 Å². The Hall–Kier alpha value is -3.36. The van der Waals surface area contributed by atoms with Crippen LogP contribution in [0.15, 0.2) is 88.9 Å². The minimum Gasteiger partial charge on any atom is -0.418 e. The van der Waals surface area contributed by atoms with Gasteiger partial charge in [0.25, 0.3) is 0 Å². The summed E-state index contributed by atoms with van der Waals surface area (Å²) >= 11 is 1.54. The normalized spacial score (nSPS) is 10.6. The third kappa shape index (κ3) is 5.62. The summed E-state index contributed by atoms with van der Waals surface area (Å²) < 4.78 is 10.7. The number of hydrogen-bond donors (Lipinski definition) is 0. The topological polar surface area (TPSA) is 78.4 Å². The van der Waals surface area contributed by atoms with E-state index in [1.807, 2.05) is 37.3 Å². The van der Waals surface area contributed by atoms with E-state index in [0.29, 0.717) is 22.5 Å². The molecule has 0 aliphatic heterocycles. The van der Waals surface area contributed by atoms with Crippen LogP contribution < -0.4 is 9.47 Å². The van der Waals surface area contributed by atoms with Crippen LogP contribution in [0.1, 0.15) is 5.56 Å². The zero-order valence-electron chi connectivity index (χ0n) is 16.3. The van der Waals surface area contributed by atoms with Crippen molar-refractivity contribution >= 4 is 45.2 Å². The molecule has 0 amide bonds. The number of benzene rings is 3. The Morgan fingerprint density at radius 1 is 0.677 bits per heavy atom. The van der Waals surface area contributed by atoms with Crippen LogP contribution in [0.3, 0.4) is 0 Å². The van der Waals surface area contributed by atoms with Crippen LogP contribution in [0.25, 0.3) is 11.0 Å². The summed E-state index contributed by atoms with van der Waals surface area (Å²) in [6.07, 6.45) is 0. The lowest BCUT2D eigenvalue weighted by atomic mass is 10.2. The van der Waals surface area contributed by atoms with Gasteiger partial charge in [-0.3, -0.25) is 0 Å². The molecule has 31 heavy (non-hydrogen) atoms. The van der Waals surface area contributed by atoms with Crippen molar-refractivity contribution in [3.05, 3.63) is 84.4 Å². The van der Waals surface area contributed by atoms with Gasteiger partial charge in [-0.2, -0.15) is 0 Å². The molecule has 1 heterocycles. The number of hydrogen-bond acceptors (Lipinski definition) is 8. The van der Waals surface area contributed by atoms with E-state index in [9.17, 15) is 9.59 Å². The van der Waals surface area contributed by atoms with Crippen LogP contribution in [0, 0.1) is 6.92 Å². The number of aromatic nitrogens is 2. The van der Waals surface area contributed by atoms with E-state index in [2.05, 4.69) is 9.97 Å². The molecule has 4 rings (SSSR count). The van der Waals surface area contributed by atoms with Gasteiger partial charge in [-0.05, 0) is 48.9 Å². The quantitative estimate of drug-likeness (QED) is 0.258. The zero-order chi connectivity index (χ0) is 21.6. The molecular weight excluding hydrogens is 432 g/mol. The van der Waals surface area contributed by atoms with Gasteiger partial charge in [0.05, 0.1) is 11.0 Å². The fraction of sp³-hybridized carbons (Fsp3) is 0.0435. The van der Waals surface area contributed by atoms with E-state index in [1.165, 1.54) is 0 Å². The Labute approximate surface area is 187 Å². The average molecular weight is 449 g/mol. The minimum absolute atomic E-state index is 0.271. The second-order valence-electron chi connectivity index (χ2n) is 6.36. The number of fused-ring (bicyclic) bond motifs is 1. The third-order valence-electron chi connectivity index (χ3n) is 4.01. The molecule has 1 aromatic heterocycles. The number of rotatable bonds is 4. The average Bonchev–Trinajstić information content (AvgIpc) is 2.75. The third-order valence-corrected chi connectivity index (χ3v) is 5.59. The highest BCUT2D eigenvalue weighted by atomic mass is 32.2. The molecule has 0 unspecified atom stereocenters. The van der Waals surface area contributed by atoms with E-state index >= 15 is 0 Å².